The Hall–Kier alpha value is -1.55. The molecule has 0 aliphatic carbocycles. The van der Waals surface area contributed by atoms with Gasteiger partial charge in [0, 0.05) is 26.2 Å². The number of piperazine rings is 1. The number of aliphatic imine (C=N–C) groups is 1. The monoisotopic (exact) mass is 377 g/mol. The van der Waals surface area contributed by atoms with Crippen molar-refractivity contribution in [2.75, 3.05) is 32.8 Å². The van der Waals surface area contributed by atoms with Gasteiger partial charge in [-0.2, -0.15) is 0 Å². The van der Waals surface area contributed by atoms with E-state index in [1.807, 2.05) is 52.8 Å². The maximum atomic E-state index is 6.08. The highest BCUT2D eigenvalue weighted by atomic mass is 16.5. The molecule has 0 bridgehead atoms. The van der Waals surface area contributed by atoms with Crippen LogP contribution in [-0.4, -0.2) is 43.5 Å². The van der Waals surface area contributed by atoms with Gasteiger partial charge in [0.15, 0.2) is 0 Å². The molecule has 1 fully saturated rings. The van der Waals surface area contributed by atoms with Crippen LogP contribution in [0.15, 0.2) is 41.3 Å². The molecule has 1 saturated heterocycles. The molecule has 2 rings (SSSR count). The molecule has 2 aliphatic rings. The van der Waals surface area contributed by atoms with E-state index in [0.717, 1.165) is 44.1 Å². The van der Waals surface area contributed by atoms with Crippen molar-refractivity contribution in [2.24, 2.45) is 10.9 Å². The normalized spacial score (nSPS) is 19.9. The fourth-order valence-electron chi connectivity index (χ4n) is 3.12. The third-order valence-corrected chi connectivity index (χ3v) is 4.40. The molecule has 0 aromatic carbocycles. The van der Waals surface area contributed by atoms with E-state index in [0.29, 0.717) is 12.5 Å². The second-order valence-corrected chi connectivity index (χ2v) is 6.16. The van der Waals surface area contributed by atoms with Crippen LogP contribution < -0.4 is 5.32 Å². The minimum atomic E-state index is 0.373. The summed E-state index contributed by atoms with van der Waals surface area (Å²) in [7, 11) is 0. The fraction of sp³-hybridized carbons (Fsp3) is 0.696. The number of nitrogens with zero attached hydrogens (tertiary/aromatic N) is 2. The summed E-state index contributed by atoms with van der Waals surface area (Å²) in [6.45, 7) is 21.0. The quantitative estimate of drug-likeness (QED) is 0.617. The van der Waals surface area contributed by atoms with Crippen molar-refractivity contribution in [3.8, 4) is 0 Å². The second-order valence-electron chi connectivity index (χ2n) is 6.16. The Morgan fingerprint density at radius 2 is 1.85 bits per heavy atom. The third-order valence-electron chi connectivity index (χ3n) is 4.40. The molecular formula is C23H43N3O. The number of unbranched alkanes of at least 4 members (excludes halogenated alkanes) is 2. The smallest absolute Gasteiger partial charge is 0.144 e. The lowest BCUT2D eigenvalue weighted by Gasteiger charge is -2.33. The Bertz CT molecular complexity index is 474. The summed E-state index contributed by atoms with van der Waals surface area (Å²) < 4.78 is 6.08. The lowest BCUT2D eigenvalue weighted by molar-refractivity contribution is 0.188. The molecule has 4 heteroatoms. The SMILES string of the molecule is C=CC1=C(/C=C\C)OCC(CCCCC)C(N2CCNCC2)=N1.CC.CC. The topological polar surface area (TPSA) is 36.9 Å². The predicted octanol–water partition coefficient (Wildman–Crippen LogP) is 5.54. The van der Waals surface area contributed by atoms with E-state index in [2.05, 4.69) is 23.7 Å². The number of nitrogens with one attached hydrogen (secondary N) is 1. The van der Waals surface area contributed by atoms with Gasteiger partial charge in [-0.3, -0.25) is 0 Å². The van der Waals surface area contributed by atoms with E-state index in [1.165, 1.54) is 25.1 Å². The summed E-state index contributed by atoms with van der Waals surface area (Å²) in [6, 6.07) is 0. The first-order valence-corrected chi connectivity index (χ1v) is 11.0. The second kappa shape index (κ2) is 16.6. The molecule has 1 N–H and O–H groups in total. The molecule has 0 spiro atoms. The van der Waals surface area contributed by atoms with Crippen LogP contribution in [0.25, 0.3) is 0 Å². The summed E-state index contributed by atoms with van der Waals surface area (Å²) in [5, 5.41) is 3.42. The summed E-state index contributed by atoms with van der Waals surface area (Å²) >= 11 is 0. The molecule has 1 unspecified atom stereocenters. The van der Waals surface area contributed by atoms with Crippen LogP contribution in [-0.2, 0) is 4.74 Å². The van der Waals surface area contributed by atoms with E-state index in [9.17, 15) is 0 Å². The van der Waals surface area contributed by atoms with Crippen LogP contribution in [0.1, 0.15) is 67.2 Å². The zero-order valence-corrected chi connectivity index (χ0v) is 18.7. The van der Waals surface area contributed by atoms with Gasteiger partial charge in [0.1, 0.15) is 17.3 Å². The molecule has 0 aromatic heterocycles. The third kappa shape index (κ3) is 8.79. The number of rotatable bonds is 6. The zero-order chi connectivity index (χ0) is 20.5. The van der Waals surface area contributed by atoms with Crippen LogP contribution in [0.4, 0.5) is 0 Å². The van der Waals surface area contributed by atoms with Crippen molar-refractivity contribution in [2.45, 2.75) is 67.2 Å². The van der Waals surface area contributed by atoms with Gasteiger partial charge in [-0.05, 0) is 25.5 Å². The molecule has 2 aliphatic heterocycles. The first-order valence-electron chi connectivity index (χ1n) is 11.0. The first kappa shape index (κ1) is 25.4. The van der Waals surface area contributed by atoms with Gasteiger partial charge in [-0.1, -0.05) is 66.5 Å². The van der Waals surface area contributed by atoms with Crippen molar-refractivity contribution in [1.82, 2.24) is 10.2 Å². The maximum absolute atomic E-state index is 6.08. The van der Waals surface area contributed by atoms with Crippen molar-refractivity contribution in [3.63, 3.8) is 0 Å². The minimum absolute atomic E-state index is 0.373. The molecule has 0 aromatic rings. The van der Waals surface area contributed by atoms with E-state index in [-0.39, 0.29) is 0 Å². The highest BCUT2D eigenvalue weighted by molar-refractivity contribution is 5.86. The Morgan fingerprint density at radius 1 is 1.19 bits per heavy atom. The fourth-order valence-corrected chi connectivity index (χ4v) is 3.12. The average molecular weight is 378 g/mol. The summed E-state index contributed by atoms with van der Waals surface area (Å²) in [4.78, 5) is 7.41. The van der Waals surface area contributed by atoms with Crippen LogP contribution in [0.3, 0.4) is 0 Å². The number of amidine groups is 1. The lowest BCUT2D eigenvalue weighted by Crippen LogP contribution is -2.49. The molecule has 27 heavy (non-hydrogen) atoms. The van der Waals surface area contributed by atoms with E-state index in [1.54, 1.807) is 0 Å². The Labute approximate surface area is 168 Å². The molecule has 2 heterocycles. The molecule has 0 saturated carbocycles. The summed E-state index contributed by atoms with van der Waals surface area (Å²) in [5.74, 6) is 2.41. The Morgan fingerprint density at radius 3 is 2.41 bits per heavy atom. The van der Waals surface area contributed by atoms with Crippen molar-refractivity contribution in [1.29, 1.82) is 0 Å². The Balaban J connectivity index is 0.00000158. The van der Waals surface area contributed by atoms with E-state index >= 15 is 0 Å². The molecule has 0 amide bonds. The number of hydrogen-bond acceptors (Lipinski definition) is 4. The first-order chi connectivity index (χ1) is 13.3. The zero-order valence-electron chi connectivity index (χ0n) is 18.7. The molecular weight excluding hydrogens is 334 g/mol. The van der Waals surface area contributed by atoms with Crippen LogP contribution in [0.2, 0.25) is 0 Å². The van der Waals surface area contributed by atoms with Gasteiger partial charge < -0.3 is 15.0 Å². The predicted molar refractivity (Wildman–Crippen MR) is 120 cm³/mol. The van der Waals surface area contributed by atoms with Gasteiger partial charge in [-0.25, -0.2) is 4.99 Å². The van der Waals surface area contributed by atoms with Crippen LogP contribution in [0, 0.1) is 5.92 Å². The van der Waals surface area contributed by atoms with Gasteiger partial charge in [0.2, 0.25) is 0 Å². The number of allylic oxidation sites excluding steroid dienone is 3. The molecule has 4 nitrogen and oxygen atoms in total. The number of ether oxygens (including phenoxy) is 1. The van der Waals surface area contributed by atoms with Crippen molar-refractivity contribution < 1.29 is 4.74 Å². The molecule has 1 atom stereocenters. The lowest BCUT2D eigenvalue weighted by atomic mass is 9.99. The summed E-state index contributed by atoms with van der Waals surface area (Å²) in [5.41, 5.74) is 0.856. The van der Waals surface area contributed by atoms with Crippen LogP contribution >= 0.6 is 0 Å². The highest BCUT2D eigenvalue weighted by Gasteiger charge is 2.26. The maximum Gasteiger partial charge on any atom is 0.144 e. The molecule has 156 valence electrons. The Kier molecular flexibility index (Phi) is 15.7. The standard InChI is InChI=1S/C19H31N3O.2C2H6/c1-4-7-8-10-16-15-23-18(9-5-2)17(6-3)21-19(16)22-13-11-20-12-14-22;2*1-2/h5-6,9,16,20H,3-4,7-8,10-15H2,1-2H3;2*1-2H3/b9-5-;;. The van der Waals surface area contributed by atoms with E-state index < -0.39 is 0 Å². The highest BCUT2D eigenvalue weighted by Crippen LogP contribution is 2.24. The number of hydrogen-bond donors (Lipinski definition) is 1. The van der Waals surface area contributed by atoms with Gasteiger partial charge in [-0.15, -0.1) is 0 Å². The van der Waals surface area contributed by atoms with Gasteiger partial charge in [0.05, 0.1) is 12.5 Å². The largest absolute Gasteiger partial charge is 0.491 e. The van der Waals surface area contributed by atoms with Crippen LogP contribution in [0.5, 0.6) is 0 Å². The van der Waals surface area contributed by atoms with Gasteiger partial charge >= 0.3 is 0 Å². The van der Waals surface area contributed by atoms with Crippen molar-refractivity contribution in [3.05, 3.63) is 36.3 Å². The van der Waals surface area contributed by atoms with Crippen molar-refractivity contribution >= 4 is 5.84 Å². The van der Waals surface area contributed by atoms with Gasteiger partial charge in [0.25, 0.3) is 0 Å². The minimum Gasteiger partial charge on any atom is -0.491 e. The average Bonchev–Trinajstić information content (AvgIpc) is 2.92. The van der Waals surface area contributed by atoms with E-state index in [4.69, 9.17) is 9.73 Å². The molecule has 0 radical (unpaired) electrons. The summed E-state index contributed by atoms with van der Waals surface area (Å²) in [6.07, 6.45) is 10.7.